The van der Waals surface area contributed by atoms with Crippen LogP contribution < -0.4 is 21.5 Å². The number of hydrogen-bond donors (Lipinski definition) is 4. The highest BCUT2D eigenvalue weighted by molar-refractivity contribution is 7.80. The molecule has 0 heterocycles. The molecule has 1 amide bonds. The van der Waals surface area contributed by atoms with E-state index in [1.165, 1.54) is 11.1 Å². The monoisotopic (exact) mass is 356 g/mol. The van der Waals surface area contributed by atoms with Gasteiger partial charge in [0, 0.05) is 11.4 Å². The number of hydrazine groups is 1. The van der Waals surface area contributed by atoms with Gasteiger partial charge in [0.15, 0.2) is 5.11 Å². The summed E-state index contributed by atoms with van der Waals surface area (Å²) in [4.78, 5) is 12.0. The molecular weight excluding hydrogens is 332 g/mol. The van der Waals surface area contributed by atoms with Crippen molar-refractivity contribution in [2.45, 2.75) is 27.7 Å². The standard InChI is InChI=1S/C19H24N4OS/c1-12-5-7-16(8-6-12)21-19(25)23-22-17(24)11-20-18-14(3)9-13(2)10-15(18)4/h5-10,20H,11H2,1-4H3,(H,22,24)(H2,21,23,25). The van der Waals surface area contributed by atoms with E-state index in [-0.39, 0.29) is 12.5 Å². The average molecular weight is 356 g/mol. The van der Waals surface area contributed by atoms with E-state index in [1.54, 1.807) is 0 Å². The van der Waals surface area contributed by atoms with Crippen molar-refractivity contribution in [3.63, 3.8) is 0 Å². The summed E-state index contributed by atoms with van der Waals surface area (Å²) in [5.74, 6) is -0.201. The Kier molecular flexibility index (Phi) is 6.36. The highest BCUT2D eigenvalue weighted by Crippen LogP contribution is 2.21. The first kappa shape index (κ1) is 18.7. The molecule has 0 aliphatic rings. The molecule has 2 aromatic carbocycles. The smallest absolute Gasteiger partial charge is 0.257 e. The van der Waals surface area contributed by atoms with Crippen LogP contribution in [0.4, 0.5) is 11.4 Å². The molecule has 0 saturated carbocycles. The molecule has 0 aromatic heterocycles. The summed E-state index contributed by atoms with van der Waals surface area (Å²) >= 11 is 5.16. The Morgan fingerprint density at radius 3 is 2.12 bits per heavy atom. The van der Waals surface area contributed by atoms with Gasteiger partial charge in [0.05, 0.1) is 6.54 Å². The topological polar surface area (TPSA) is 65.2 Å². The van der Waals surface area contributed by atoms with Gasteiger partial charge in [0.25, 0.3) is 5.91 Å². The second-order valence-electron chi connectivity index (χ2n) is 6.12. The molecule has 0 unspecified atom stereocenters. The molecule has 0 aliphatic carbocycles. The van der Waals surface area contributed by atoms with E-state index in [0.717, 1.165) is 22.5 Å². The molecule has 25 heavy (non-hydrogen) atoms. The number of amides is 1. The van der Waals surface area contributed by atoms with Gasteiger partial charge in [-0.2, -0.15) is 0 Å². The number of hydrogen-bond acceptors (Lipinski definition) is 3. The van der Waals surface area contributed by atoms with E-state index >= 15 is 0 Å². The number of nitrogens with one attached hydrogen (secondary N) is 4. The first-order valence-corrected chi connectivity index (χ1v) is 8.50. The fraction of sp³-hybridized carbons (Fsp3) is 0.263. The minimum atomic E-state index is -0.201. The lowest BCUT2D eigenvalue weighted by Gasteiger charge is -2.15. The highest BCUT2D eigenvalue weighted by atomic mass is 32.1. The molecule has 2 aromatic rings. The van der Waals surface area contributed by atoms with Crippen LogP contribution in [0.1, 0.15) is 22.3 Å². The SMILES string of the molecule is Cc1ccc(NC(=S)NNC(=O)CNc2c(C)cc(C)cc2C)cc1. The third-order valence-electron chi connectivity index (χ3n) is 3.73. The first-order chi connectivity index (χ1) is 11.8. The van der Waals surface area contributed by atoms with Crippen LogP contribution in [-0.2, 0) is 4.79 Å². The predicted molar refractivity (Wildman–Crippen MR) is 108 cm³/mol. The van der Waals surface area contributed by atoms with Crippen molar-refractivity contribution in [3.8, 4) is 0 Å². The van der Waals surface area contributed by atoms with Gasteiger partial charge in [-0.1, -0.05) is 35.4 Å². The molecule has 0 atom stereocenters. The number of anilines is 2. The van der Waals surface area contributed by atoms with Crippen molar-refractivity contribution in [2.24, 2.45) is 0 Å². The number of rotatable bonds is 4. The van der Waals surface area contributed by atoms with Gasteiger partial charge in [-0.3, -0.25) is 15.6 Å². The lowest BCUT2D eigenvalue weighted by Crippen LogP contribution is -2.45. The zero-order valence-electron chi connectivity index (χ0n) is 15.0. The van der Waals surface area contributed by atoms with Crippen molar-refractivity contribution in [2.75, 3.05) is 17.2 Å². The number of thiocarbonyl (C=S) groups is 1. The summed E-state index contributed by atoms with van der Waals surface area (Å²) in [7, 11) is 0. The summed E-state index contributed by atoms with van der Waals surface area (Å²) in [5.41, 5.74) is 11.7. The molecule has 0 spiro atoms. The third kappa shape index (κ3) is 5.76. The molecule has 0 fully saturated rings. The second-order valence-corrected chi connectivity index (χ2v) is 6.53. The van der Waals surface area contributed by atoms with Crippen LogP contribution in [0.15, 0.2) is 36.4 Å². The van der Waals surface area contributed by atoms with Crippen LogP contribution >= 0.6 is 12.2 Å². The molecular formula is C19H24N4OS. The van der Waals surface area contributed by atoms with Gasteiger partial charge in [-0.25, -0.2) is 0 Å². The van der Waals surface area contributed by atoms with Crippen molar-refractivity contribution < 1.29 is 4.79 Å². The normalized spacial score (nSPS) is 10.1. The second kappa shape index (κ2) is 8.48. The average Bonchev–Trinajstić information content (AvgIpc) is 2.54. The zero-order valence-corrected chi connectivity index (χ0v) is 15.8. The maximum atomic E-state index is 12.0. The Morgan fingerprint density at radius 1 is 0.920 bits per heavy atom. The molecule has 0 saturated heterocycles. The van der Waals surface area contributed by atoms with Gasteiger partial charge in [-0.05, 0) is 63.2 Å². The summed E-state index contributed by atoms with van der Waals surface area (Å²) in [5, 5.41) is 6.51. The number of benzene rings is 2. The Balaban J connectivity index is 1.79. The molecule has 132 valence electrons. The van der Waals surface area contributed by atoms with Crippen LogP contribution in [0.2, 0.25) is 0 Å². The minimum Gasteiger partial charge on any atom is -0.376 e. The van der Waals surface area contributed by atoms with E-state index < -0.39 is 0 Å². The van der Waals surface area contributed by atoms with Crippen molar-refractivity contribution in [1.82, 2.24) is 10.9 Å². The molecule has 2 rings (SSSR count). The summed E-state index contributed by atoms with van der Waals surface area (Å²) in [6, 6.07) is 12.0. The lowest BCUT2D eigenvalue weighted by atomic mass is 10.1. The molecule has 0 aliphatic heterocycles. The summed E-state index contributed by atoms with van der Waals surface area (Å²) in [6.45, 7) is 8.29. The van der Waals surface area contributed by atoms with Gasteiger partial charge in [0.2, 0.25) is 0 Å². The summed E-state index contributed by atoms with van der Waals surface area (Å²) < 4.78 is 0. The molecule has 0 bridgehead atoms. The van der Waals surface area contributed by atoms with E-state index in [1.807, 2.05) is 45.0 Å². The van der Waals surface area contributed by atoms with E-state index in [9.17, 15) is 4.79 Å². The first-order valence-electron chi connectivity index (χ1n) is 8.09. The highest BCUT2D eigenvalue weighted by Gasteiger charge is 2.07. The predicted octanol–water partition coefficient (Wildman–Crippen LogP) is 3.35. The van der Waals surface area contributed by atoms with Crippen molar-refractivity contribution in [3.05, 3.63) is 58.7 Å². The fourth-order valence-electron chi connectivity index (χ4n) is 2.60. The largest absolute Gasteiger partial charge is 0.376 e. The maximum absolute atomic E-state index is 12.0. The van der Waals surface area contributed by atoms with Gasteiger partial charge in [-0.15, -0.1) is 0 Å². The van der Waals surface area contributed by atoms with Crippen LogP contribution in [0.25, 0.3) is 0 Å². The Hall–Kier alpha value is -2.60. The van der Waals surface area contributed by atoms with Crippen molar-refractivity contribution in [1.29, 1.82) is 0 Å². The van der Waals surface area contributed by atoms with E-state index in [0.29, 0.717) is 5.11 Å². The number of carbonyl (C=O) groups is 1. The van der Waals surface area contributed by atoms with Gasteiger partial charge >= 0.3 is 0 Å². The van der Waals surface area contributed by atoms with Crippen molar-refractivity contribution >= 4 is 34.6 Å². The molecule has 6 heteroatoms. The number of aryl methyl sites for hydroxylation is 4. The summed E-state index contributed by atoms with van der Waals surface area (Å²) in [6.07, 6.45) is 0. The van der Waals surface area contributed by atoms with E-state index in [2.05, 4.69) is 40.5 Å². The third-order valence-corrected chi connectivity index (χ3v) is 3.93. The van der Waals surface area contributed by atoms with Gasteiger partial charge < -0.3 is 10.6 Å². The Bertz CT molecular complexity index is 748. The minimum absolute atomic E-state index is 0.158. The number of carbonyl (C=O) groups excluding carboxylic acids is 1. The van der Waals surface area contributed by atoms with Crippen LogP contribution in [0, 0.1) is 27.7 Å². The Morgan fingerprint density at radius 2 is 1.52 bits per heavy atom. The van der Waals surface area contributed by atoms with Crippen LogP contribution in [0.5, 0.6) is 0 Å². The lowest BCUT2D eigenvalue weighted by molar-refractivity contribution is -0.119. The van der Waals surface area contributed by atoms with Gasteiger partial charge in [0.1, 0.15) is 0 Å². The van der Waals surface area contributed by atoms with Crippen LogP contribution in [0.3, 0.4) is 0 Å². The molecule has 5 nitrogen and oxygen atoms in total. The fourth-order valence-corrected chi connectivity index (χ4v) is 2.77. The van der Waals surface area contributed by atoms with E-state index in [4.69, 9.17) is 12.2 Å². The Labute approximate surface area is 154 Å². The molecule has 0 radical (unpaired) electrons. The maximum Gasteiger partial charge on any atom is 0.257 e. The quantitative estimate of drug-likeness (QED) is 0.500. The molecule has 4 N–H and O–H groups in total. The van der Waals surface area contributed by atoms with Crippen LogP contribution in [-0.4, -0.2) is 17.6 Å². The zero-order chi connectivity index (χ0) is 18.4.